The van der Waals surface area contributed by atoms with E-state index in [0.29, 0.717) is 17.3 Å². The first kappa shape index (κ1) is 23.8. The topological polar surface area (TPSA) is 140 Å². The van der Waals surface area contributed by atoms with Crippen molar-refractivity contribution >= 4 is 21.8 Å². The maximum absolute atomic E-state index is 12.4. The van der Waals surface area contributed by atoms with Crippen LogP contribution in [0.2, 0.25) is 0 Å². The summed E-state index contributed by atoms with van der Waals surface area (Å²) < 4.78 is 43.3. The van der Waals surface area contributed by atoms with E-state index in [0.717, 1.165) is 0 Å². The molecule has 0 radical (unpaired) electrons. The molecule has 2 aromatic heterocycles. The Hall–Kier alpha value is -4.35. The number of ether oxygens (including phenoxy) is 1. The van der Waals surface area contributed by atoms with Crippen LogP contribution in [0.15, 0.2) is 98.9 Å². The SMILES string of the molecule is O=C(NNC(=O)c1ccc(COc2ccccc2)o1)c1ccc(S(=O)(=O)NCc2ccco2)cc1. The van der Waals surface area contributed by atoms with Crippen LogP contribution in [-0.4, -0.2) is 20.2 Å². The smallest absolute Gasteiger partial charge is 0.305 e. The van der Waals surface area contributed by atoms with E-state index in [1.54, 1.807) is 30.3 Å². The van der Waals surface area contributed by atoms with Crippen LogP contribution in [0.4, 0.5) is 0 Å². The van der Waals surface area contributed by atoms with Crippen LogP contribution < -0.4 is 20.3 Å². The van der Waals surface area contributed by atoms with Gasteiger partial charge in [0.25, 0.3) is 5.91 Å². The molecule has 0 saturated carbocycles. The average molecular weight is 496 g/mol. The maximum atomic E-state index is 12.4. The Balaban J connectivity index is 1.27. The average Bonchev–Trinajstić information content (AvgIpc) is 3.58. The number of carbonyl (C=O) groups excluding carboxylic acids is 2. The summed E-state index contributed by atoms with van der Waals surface area (Å²) in [6, 6.07) is 20.7. The lowest BCUT2D eigenvalue weighted by molar-refractivity contribution is 0.0828. The van der Waals surface area contributed by atoms with Crippen molar-refractivity contribution in [2.75, 3.05) is 0 Å². The van der Waals surface area contributed by atoms with Gasteiger partial charge >= 0.3 is 5.91 Å². The molecule has 3 N–H and O–H groups in total. The molecule has 0 aliphatic rings. The highest BCUT2D eigenvalue weighted by Gasteiger charge is 2.17. The van der Waals surface area contributed by atoms with Crippen molar-refractivity contribution in [1.82, 2.24) is 15.6 Å². The fourth-order valence-electron chi connectivity index (χ4n) is 2.94. The summed E-state index contributed by atoms with van der Waals surface area (Å²) in [7, 11) is -3.79. The Kier molecular flexibility index (Phi) is 7.29. The Labute approximate surface area is 200 Å². The summed E-state index contributed by atoms with van der Waals surface area (Å²) in [4.78, 5) is 24.6. The summed E-state index contributed by atoms with van der Waals surface area (Å²) in [6.07, 6.45) is 1.45. The van der Waals surface area contributed by atoms with Crippen molar-refractivity contribution in [3.05, 3.63) is 108 Å². The fraction of sp³-hybridized carbons (Fsp3) is 0.0833. The number of carbonyl (C=O) groups is 2. The van der Waals surface area contributed by atoms with Gasteiger partial charge in [-0.25, -0.2) is 13.1 Å². The number of hydrogen-bond donors (Lipinski definition) is 3. The maximum Gasteiger partial charge on any atom is 0.305 e. The number of hydrogen-bond acceptors (Lipinski definition) is 7. The summed E-state index contributed by atoms with van der Waals surface area (Å²) in [5.41, 5.74) is 4.66. The fourth-order valence-corrected chi connectivity index (χ4v) is 3.94. The Bertz CT molecular complexity index is 1380. The molecule has 0 atom stereocenters. The second-order valence-electron chi connectivity index (χ2n) is 7.20. The second-order valence-corrected chi connectivity index (χ2v) is 8.97. The first-order chi connectivity index (χ1) is 16.9. The lowest BCUT2D eigenvalue weighted by Gasteiger charge is -2.08. The number of rotatable bonds is 9. The zero-order chi connectivity index (χ0) is 24.7. The molecule has 0 fully saturated rings. The van der Waals surface area contributed by atoms with Crippen molar-refractivity contribution in [3.8, 4) is 5.75 Å². The van der Waals surface area contributed by atoms with Gasteiger partial charge in [-0.3, -0.25) is 20.4 Å². The van der Waals surface area contributed by atoms with Gasteiger partial charge in [0.1, 0.15) is 23.9 Å². The Morgan fingerprint density at radius 1 is 0.800 bits per heavy atom. The zero-order valence-corrected chi connectivity index (χ0v) is 19.1. The molecule has 0 bridgehead atoms. The summed E-state index contributed by atoms with van der Waals surface area (Å²) in [6.45, 7) is 0.131. The zero-order valence-electron chi connectivity index (χ0n) is 18.3. The van der Waals surface area contributed by atoms with E-state index in [2.05, 4.69) is 15.6 Å². The number of furan rings is 2. The number of amides is 2. The molecule has 10 nitrogen and oxygen atoms in total. The van der Waals surface area contributed by atoms with Crippen LogP contribution in [0.1, 0.15) is 32.4 Å². The molecule has 0 spiro atoms. The third kappa shape index (κ3) is 6.37. The largest absolute Gasteiger partial charge is 0.486 e. The quantitative estimate of drug-likeness (QED) is 0.303. The third-order valence-electron chi connectivity index (χ3n) is 4.74. The number of nitrogens with one attached hydrogen (secondary N) is 3. The second kappa shape index (κ2) is 10.7. The molecule has 4 aromatic rings. The van der Waals surface area contributed by atoms with Crippen LogP contribution >= 0.6 is 0 Å². The van der Waals surface area contributed by atoms with Gasteiger partial charge in [-0.05, 0) is 60.7 Å². The van der Waals surface area contributed by atoms with Crippen LogP contribution in [0.25, 0.3) is 0 Å². The molecule has 2 heterocycles. The van der Waals surface area contributed by atoms with Crippen LogP contribution in [0, 0.1) is 0 Å². The molecule has 180 valence electrons. The minimum absolute atomic E-state index is 0.00350. The van der Waals surface area contributed by atoms with Crippen molar-refractivity contribution < 1.29 is 31.6 Å². The summed E-state index contributed by atoms with van der Waals surface area (Å²) in [5.74, 6) is 0.251. The van der Waals surface area contributed by atoms with Crippen molar-refractivity contribution in [2.45, 2.75) is 18.0 Å². The van der Waals surface area contributed by atoms with Crippen LogP contribution in [0.5, 0.6) is 5.75 Å². The standard InChI is InChI=1S/C24H21N3O7S/c28-23(17-8-11-21(12-9-17)35(30,31)25-15-19-7-4-14-32-19)26-27-24(29)22-13-10-20(34-22)16-33-18-5-2-1-3-6-18/h1-14,25H,15-16H2,(H,26,28)(H,27,29). The molecule has 0 aliphatic heterocycles. The minimum Gasteiger partial charge on any atom is -0.486 e. The van der Waals surface area contributed by atoms with Gasteiger partial charge in [0.05, 0.1) is 17.7 Å². The van der Waals surface area contributed by atoms with E-state index in [-0.39, 0.29) is 29.4 Å². The Morgan fingerprint density at radius 3 is 2.26 bits per heavy atom. The van der Waals surface area contributed by atoms with E-state index in [1.165, 1.54) is 36.6 Å². The number of hydrazine groups is 1. The molecule has 4 rings (SSSR count). The predicted molar refractivity (Wildman–Crippen MR) is 124 cm³/mol. The van der Waals surface area contributed by atoms with Crippen molar-refractivity contribution in [2.24, 2.45) is 0 Å². The van der Waals surface area contributed by atoms with Gasteiger partial charge in [0.2, 0.25) is 10.0 Å². The van der Waals surface area contributed by atoms with Gasteiger partial charge in [-0.15, -0.1) is 0 Å². The normalized spacial score (nSPS) is 11.1. The highest BCUT2D eigenvalue weighted by Crippen LogP contribution is 2.14. The van der Waals surface area contributed by atoms with E-state index in [9.17, 15) is 18.0 Å². The van der Waals surface area contributed by atoms with Crippen molar-refractivity contribution in [3.63, 3.8) is 0 Å². The lowest BCUT2D eigenvalue weighted by atomic mass is 10.2. The minimum atomic E-state index is -3.79. The van der Waals surface area contributed by atoms with Gasteiger partial charge < -0.3 is 13.6 Å². The Morgan fingerprint density at radius 2 is 1.54 bits per heavy atom. The van der Waals surface area contributed by atoms with Gasteiger partial charge in [-0.1, -0.05) is 18.2 Å². The highest BCUT2D eigenvalue weighted by molar-refractivity contribution is 7.89. The molecule has 0 unspecified atom stereocenters. The molecule has 2 aromatic carbocycles. The lowest BCUT2D eigenvalue weighted by Crippen LogP contribution is -2.41. The monoisotopic (exact) mass is 495 g/mol. The molecular formula is C24H21N3O7S. The van der Waals surface area contributed by atoms with Gasteiger partial charge in [0.15, 0.2) is 5.76 Å². The third-order valence-corrected chi connectivity index (χ3v) is 6.16. The number of sulfonamides is 1. The van der Waals surface area contributed by atoms with Gasteiger partial charge in [0, 0.05) is 5.56 Å². The highest BCUT2D eigenvalue weighted by atomic mass is 32.2. The van der Waals surface area contributed by atoms with E-state index in [1.807, 2.05) is 18.2 Å². The number of para-hydroxylation sites is 1. The summed E-state index contributed by atoms with van der Waals surface area (Å²) in [5, 5.41) is 0. The molecule has 0 aliphatic carbocycles. The first-order valence-corrected chi connectivity index (χ1v) is 11.9. The van der Waals surface area contributed by atoms with Crippen molar-refractivity contribution in [1.29, 1.82) is 0 Å². The van der Waals surface area contributed by atoms with Gasteiger partial charge in [-0.2, -0.15) is 0 Å². The van der Waals surface area contributed by atoms with E-state index in [4.69, 9.17) is 13.6 Å². The van der Waals surface area contributed by atoms with E-state index >= 15 is 0 Å². The van der Waals surface area contributed by atoms with Crippen LogP contribution in [-0.2, 0) is 23.2 Å². The number of benzene rings is 2. The predicted octanol–water partition coefficient (Wildman–Crippen LogP) is 3.00. The summed E-state index contributed by atoms with van der Waals surface area (Å²) >= 11 is 0. The molecule has 35 heavy (non-hydrogen) atoms. The molecule has 2 amide bonds. The molecular weight excluding hydrogens is 474 g/mol. The molecule has 11 heteroatoms. The van der Waals surface area contributed by atoms with E-state index < -0.39 is 21.8 Å². The first-order valence-electron chi connectivity index (χ1n) is 10.4. The molecule has 0 saturated heterocycles. The van der Waals surface area contributed by atoms with Crippen LogP contribution in [0.3, 0.4) is 0 Å².